The van der Waals surface area contributed by atoms with Gasteiger partial charge in [-0.25, -0.2) is 0 Å². The van der Waals surface area contributed by atoms with E-state index in [0.717, 1.165) is 35.4 Å². The lowest BCUT2D eigenvalue weighted by Crippen LogP contribution is -2.42. The fourth-order valence-electron chi connectivity index (χ4n) is 3.82. The summed E-state index contributed by atoms with van der Waals surface area (Å²) in [5.74, 6) is 1.08. The van der Waals surface area contributed by atoms with Crippen molar-refractivity contribution in [3.05, 3.63) is 59.4 Å². The highest BCUT2D eigenvalue weighted by atomic mass is 16.1. The molecule has 3 rings (SSSR count). The van der Waals surface area contributed by atoms with Crippen molar-refractivity contribution in [1.29, 1.82) is 5.41 Å². The molecule has 2 unspecified atom stereocenters. The van der Waals surface area contributed by atoms with Crippen molar-refractivity contribution in [2.75, 3.05) is 26.4 Å². The smallest absolute Gasteiger partial charge is 0.220 e. The Morgan fingerprint density at radius 3 is 2.80 bits per heavy atom. The number of benzene rings is 1. The van der Waals surface area contributed by atoms with Gasteiger partial charge in [0, 0.05) is 48.9 Å². The number of nitrogens with one attached hydrogen (secondary N) is 2. The predicted molar refractivity (Wildman–Crippen MR) is 122 cm³/mol. The minimum atomic E-state index is 0.0915. The number of carbonyl (C=O) groups excluding carboxylic acids is 1. The number of hydrogen-bond donors (Lipinski definition) is 3. The van der Waals surface area contributed by atoms with E-state index < -0.39 is 0 Å². The number of nitrogens with zero attached hydrogens (tertiary/aromatic N) is 2. The molecule has 4 N–H and O–H groups in total. The van der Waals surface area contributed by atoms with E-state index in [4.69, 9.17) is 11.1 Å². The highest BCUT2D eigenvalue weighted by Gasteiger charge is 2.28. The van der Waals surface area contributed by atoms with E-state index >= 15 is 0 Å². The number of pyridine rings is 1. The maximum Gasteiger partial charge on any atom is 0.220 e. The number of nitrogen functional groups attached to an aromatic ring is 1. The zero-order chi connectivity index (χ0) is 21.5. The van der Waals surface area contributed by atoms with Crippen LogP contribution in [0, 0.1) is 11.3 Å². The molecule has 1 aliphatic rings. The highest BCUT2D eigenvalue weighted by Crippen LogP contribution is 2.39. The van der Waals surface area contributed by atoms with E-state index in [2.05, 4.69) is 21.3 Å². The largest absolute Gasteiger partial charge is 0.398 e. The van der Waals surface area contributed by atoms with Crippen LogP contribution in [-0.2, 0) is 11.2 Å². The van der Waals surface area contributed by atoms with Gasteiger partial charge in [0.15, 0.2) is 0 Å². The first-order valence-corrected chi connectivity index (χ1v) is 10.7. The lowest BCUT2D eigenvalue weighted by Gasteiger charge is -2.25. The Morgan fingerprint density at radius 2 is 2.17 bits per heavy atom. The monoisotopic (exact) mass is 407 g/mol. The van der Waals surface area contributed by atoms with Crippen LogP contribution >= 0.6 is 0 Å². The number of nitrogens with two attached hydrogens (primary N) is 1. The van der Waals surface area contributed by atoms with E-state index in [1.165, 1.54) is 19.1 Å². The average molecular weight is 408 g/mol. The molecule has 6 nitrogen and oxygen atoms in total. The number of rotatable bonds is 11. The molecule has 1 fully saturated rings. The molecule has 2 aromatic rings. The Hall–Kier alpha value is -2.73. The summed E-state index contributed by atoms with van der Waals surface area (Å²) in [6, 6.07) is 9.99. The van der Waals surface area contributed by atoms with Crippen LogP contribution in [0.25, 0.3) is 0 Å². The van der Waals surface area contributed by atoms with Gasteiger partial charge in [-0.05, 0) is 68.1 Å². The fourth-order valence-corrected chi connectivity index (χ4v) is 3.82. The van der Waals surface area contributed by atoms with Crippen LogP contribution in [0.3, 0.4) is 0 Å². The summed E-state index contributed by atoms with van der Waals surface area (Å²) in [6.07, 6.45) is 9.86. The first-order valence-electron chi connectivity index (χ1n) is 10.7. The summed E-state index contributed by atoms with van der Waals surface area (Å²) in [6.45, 7) is 0.583. The van der Waals surface area contributed by atoms with Crippen LogP contribution in [0.5, 0.6) is 0 Å². The van der Waals surface area contributed by atoms with Crippen molar-refractivity contribution in [2.45, 2.75) is 44.1 Å². The lowest BCUT2D eigenvalue weighted by molar-refractivity contribution is -0.121. The summed E-state index contributed by atoms with van der Waals surface area (Å²) in [7, 11) is 4.05. The average Bonchev–Trinajstić information content (AvgIpc) is 3.56. The van der Waals surface area contributed by atoms with Crippen molar-refractivity contribution in [3.8, 4) is 0 Å². The first kappa shape index (κ1) is 22.0. The number of hydrogen-bond acceptors (Lipinski definition) is 5. The molecular weight excluding hydrogens is 374 g/mol. The molecule has 0 saturated heterocycles. The van der Waals surface area contributed by atoms with Crippen molar-refractivity contribution in [3.63, 3.8) is 0 Å². The summed E-state index contributed by atoms with van der Waals surface area (Å²) in [5.41, 5.74) is 9.51. The third-order valence-electron chi connectivity index (χ3n) is 5.95. The lowest BCUT2D eigenvalue weighted by atomic mass is 9.91. The SMILES string of the molecule is CN(C)C(CNC(=O)CC(CC1CC1)c1cccnc1)Cc1ccc(N)c(C=N)c1. The number of likely N-dealkylation sites (N-methyl/N-ethyl adjacent to an activating group) is 1. The standard InChI is InChI=1S/C24H33N5O/c1-29(2)22(12-18-7-8-23(26)21(11-18)14-25)16-28-24(30)13-20(10-17-5-6-17)19-4-3-9-27-15-19/h3-4,7-9,11,14-15,17,20,22,25H,5-6,10,12-13,16,26H2,1-2H3,(H,28,30). The Bertz CT molecular complexity index is 848. The fraction of sp³-hybridized carbons (Fsp3) is 0.458. The second-order valence-electron chi connectivity index (χ2n) is 8.60. The van der Waals surface area contributed by atoms with Crippen LogP contribution < -0.4 is 11.1 Å². The molecule has 1 aromatic heterocycles. The molecule has 0 radical (unpaired) electrons. The number of aromatic nitrogens is 1. The zero-order valence-electron chi connectivity index (χ0n) is 18.0. The molecule has 30 heavy (non-hydrogen) atoms. The summed E-state index contributed by atoms with van der Waals surface area (Å²) in [4.78, 5) is 19.1. The topological polar surface area (TPSA) is 95.1 Å². The van der Waals surface area contributed by atoms with Crippen molar-refractivity contribution in [2.24, 2.45) is 5.92 Å². The number of carbonyl (C=O) groups is 1. The molecule has 160 valence electrons. The number of anilines is 1. The summed E-state index contributed by atoms with van der Waals surface area (Å²) >= 11 is 0. The van der Waals surface area contributed by atoms with Crippen molar-refractivity contribution in [1.82, 2.24) is 15.2 Å². The molecule has 6 heteroatoms. The maximum atomic E-state index is 12.8. The molecule has 0 aliphatic heterocycles. The van der Waals surface area contributed by atoms with E-state index in [9.17, 15) is 4.79 Å². The Labute approximate surface area is 179 Å². The molecular formula is C24H33N5O. The Balaban J connectivity index is 1.58. The van der Waals surface area contributed by atoms with E-state index in [0.29, 0.717) is 18.7 Å². The minimum Gasteiger partial charge on any atom is -0.398 e. The van der Waals surface area contributed by atoms with Gasteiger partial charge in [-0.15, -0.1) is 0 Å². The van der Waals surface area contributed by atoms with Gasteiger partial charge in [-0.1, -0.05) is 25.0 Å². The number of amides is 1. The van der Waals surface area contributed by atoms with Crippen LogP contribution in [0.4, 0.5) is 5.69 Å². The van der Waals surface area contributed by atoms with Crippen molar-refractivity contribution >= 4 is 17.8 Å². The van der Waals surface area contributed by atoms with Gasteiger partial charge in [-0.3, -0.25) is 9.78 Å². The molecule has 1 saturated carbocycles. The molecule has 0 spiro atoms. The van der Waals surface area contributed by atoms with E-state index in [1.54, 1.807) is 6.20 Å². The van der Waals surface area contributed by atoms with Gasteiger partial charge in [-0.2, -0.15) is 0 Å². The van der Waals surface area contributed by atoms with Crippen LogP contribution in [0.15, 0.2) is 42.7 Å². The van der Waals surface area contributed by atoms with Crippen molar-refractivity contribution < 1.29 is 4.79 Å². The van der Waals surface area contributed by atoms with Crippen LogP contribution in [0.2, 0.25) is 0 Å². The van der Waals surface area contributed by atoms with Gasteiger partial charge in [0.1, 0.15) is 0 Å². The molecule has 0 bridgehead atoms. The van der Waals surface area contributed by atoms with Gasteiger partial charge >= 0.3 is 0 Å². The Morgan fingerprint density at radius 1 is 1.37 bits per heavy atom. The van der Waals surface area contributed by atoms with Gasteiger partial charge < -0.3 is 21.4 Å². The predicted octanol–water partition coefficient (Wildman–Crippen LogP) is 3.22. The van der Waals surface area contributed by atoms with Crippen LogP contribution in [0.1, 0.15) is 48.3 Å². The highest BCUT2D eigenvalue weighted by molar-refractivity contribution is 5.85. The molecule has 2 atom stereocenters. The van der Waals surface area contributed by atoms with E-state index in [-0.39, 0.29) is 17.9 Å². The minimum absolute atomic E-state index is 0.0915. The second-order valence-corrected chi connectivity index (χ2v) is 8.60. The van der Waals surface area contributed by atoms with Crippen LogP contribution in [-0.4, -0.2) is 48.7 Å². The van der Waals surface area contributed by atoms with Gasteiger partial charge in [0.05, 0.1) is 0 Å². The summed E-state index contributed by atoms with van der Waals surface area (Å²) in [5, 5.41) is 10.6. The zero-order valence-corrected chi connectivity index (χ0v) is 18.0. The Kier molecular flexibility index (Phi) is 7.57. The molecule has 1 heterocycles. The molecule has 1 amide bonds. The maximum absolute atomic E-state index is 12.8. The summed E-state index contributed by atoms with van der Waals surface area (Å²) < 4.78 is 0. The normalized spacial score (nSPS) is 15.6. The third-order valence-corrected chi connectivity index (χ3v) is 5.95. The third kappa shape index (κ3) is 6.39. The van der Waals surface area contributed by atoms with Gasteiger partial charge in [0.2, 0.25) is 5.91 Å². The molecule has 1 aromatic carbocycles. The first-order chi connectivity index (χ1) is 14.5. The second kappa shape index (κ2) is 10.3. The van der Waals surface area contributed by atoms with E-state index in [1.807, 2.05) is 44.6 Å². The van der Waals surface area contributed by atoms with Gasteiger partial charge in [0.25, 0.3) is 0 Å². The molecule has 1 aliphatic carbocycles. The quantitative estimate of drug-likeness (QED) is 0.394.